The molecule has 0 aromatic heterocycles. The van der Waals surface area contributed by atoms with Crippen molar-refractivity contribution in [2.24, 2.45) is 0 Å². The maximum Gasteiger partial charge on any atom is 0.241 e. The maximum absolute atomic E-state index is 9.47. The standard InChI is InChI=1S/C3HBr2O/c4-1-3(5)2-6/h1H/b3-1-. The molecule has 0 heterocycles. The van der Waals surface area contributed by atoms with Gasteiger partial charge < -0.3 is 0 Å². The summed E-state index contributed by atoms with van der Waals surface area (Å²) in [6.07, 6.45) is 1.60. The first-order valence-corrected chi connectivity index (χ1v) is 2.86. The molecule has 0 unspecified atom stereocenters. The largest absolute Gasteiger partial charge is 0.284 e. The van der Waals surface area contributed by atoms with E-state index in [-0.39, 0.29) is 0 Å². The summed E-state index contributed by atoms with van der Waals surface area (Å²) >= 11 is 5.77. The highest BCUT2D eigenvalue weighted by Crippen LogP contribution is 2.01. The van der Waals surface area contributed by atoms with Gasteiger partial charge in [-0.3, -0.25) is 4.79 Å². The van der Waals surface area contributed by atoms with Crippen LogP contribution in [-0.2, 0) is 4.79 Å². The fourth-order valence-corrected chi connectivity index (χ4v) is 0.116. The smallest absolute Gasteiger partial charge is 0.241 e. The molecule has 0 aromatic carbocycles. The zero-order chi connectivity index (χ0) is 4.99. The molecule has 0 aliphatic rings. The Balaban J connectivity index is 3.50. The minimum absolute atomic E-state index is 0.391. The number of carbonyl (C=O) groups excluding carboxylic acids is 1. The lowest BCUT2D eigenvalue weighted by Crippen LogP contribution is -1.61. The second kappa shape index (κ2) is 3.56. The Kier molecular flexibility index (Phi) is 3.78. The van der Waals surface area contributed by atoms with Gasteiger partial charge in [-0.1, -0.05) is 15.9 Å². The van der Waals surface area contributed by atoms with Gasteiger partial charge in [-0.2, -0.15) is 0 Å². The van der Waals surface area contributed by atoms with Crippen molar-refractivity contribution in [1.82, 2.24) is 0 Å². The SMILES string of the molecule is O=[C]/C(Br)=C/Br. The van der Waals surface area contributed by atoms with E-state index in [0.717, 1.165) is 0 Å². The molecule has 6 heavy (non-hydrogen) atoms. The minimum Gasteiger partial charge on any atom is -0.284 e. The van der Waals surface area contributed by atoms with Crippen LogP contribution >= 0.6 is 31.9 Å². The summed E-state index contributed by atoms with van der Waals surface area (Å²) in [5.74, 6) is 0. The fourth-order valence-electron chi connectivity index (χ4n) is 0.0223. The topological polar surface area (TPSA) is 17.1 Å². The van der Waals surface area contributed by atoms with Gasteiger partial charge in [0, 0.05) is 0 Å². The van der Waals surface area contributed by atoms with Gasteiger partial charge in [-0.15, -0.1) is 0 Å². The highest BCUT2D eigenvalue weighted by atomic mass is 79.9. The van der Waals surface area contributed by atoms with Crippen molar-refractivity contribution in [3.8, 4) is 0 Å². The monoisotopic (exact) mass is 211 g/mol. The number of hydrogen-bond acceptors (Lipinski definition) is 1. The number of rotatable bonds is 1. The predicted molar refractivity (Wildman–Crippen MR) is 31.6 cm³/mol. The summed E-state index contributed by atoms with van der Waals surface area (Å²) in [6.45, 7) is 0. The van der Waals surface area contributed by atoms with Crippen molar-refractivity contribution in [1.29, 1.82) is 0 Å². The van der Waals surface area contributed by atoms with Crippen molar-refractivity contribution in [3.05, 3.63) is 9.47 Å². The molecule has 0 atom stereocenters. The van der Waals surface area contributed by atoms with E-state index in [4.69, 9.17) is 0 Å². The summed E-state index contributed by atoms with van der Waals surface area (Å²) in [4.78, 5) is 10.9. The van der Waals surface area contributed by atoms with E-state index in [9.17, 15) is 4.79 Å². The molecule has 0 saturated carbocycles. The molecule has 1 radical (unpaired) electrons. The van der Waals surface area contributed by atoms with Gasteiger partial charge in [0.25, 0.3) is 0 Å². The average Bonchev–Trinajstić information content (AvgIpc) is 1.65. The van der Waals surface area contributed by atoms with Crippen LogP contribution in [0.1, 0.15) is 0 Å². The van der Waals surface area contributed by atoms with Crippen LogP contribution in [-0.4, -0.2) is 6.29 Å². The Hall–Kier alpha value is 0.370. The summed E-state index contributed by atoms with van der Waals surface area (Å²) in [5.41, 5.74) is 0. The molecule has 0 rings (SSSR count). The molecule has 33 valence electrons. The molecule has 0 aliphatic heterocycles. The van der Waals surface area contributed by atoms with E-state index in [0.29, 0.717) is 4.48 Å². The van der Waals surface area contributed by atoms with Crippen molar-refractivity contribution in [2.45, 2.75) is 0 Å². The van der Waals surface area contributed by atoms with E-state index in [1.807, 2.05) is 0 Å². The normalized spacial score (nSPS) is 11.3. The van der Waals surface area contributed by atoms with Gasteiger partial charge in [0.15, 0.2) is 0 Å². The highest BCUT2D eigenvalue weighted by Gasteiger charge is 1.79. The summed E-state index contributed by atoms with van der Waals surface area (Å²) in [7, 11) is 0. The molecule has 0 fully saturated rings. The molecule has 0 amide bonds. The zero-order valence-electron chi connectivity index (χ0n) is 2.74. The molecule has 0 aliphatic carbocycles. The van der Waals surface area contributed by atoms with Gasteiger partial charge in [-0.25, -0.2) is 0 Å². The number of allylic oxidation sites excluding steroid dienone is 1. The van der Waals surface area contributed by atoms with Gasteiger partial charge in [0.05, 0.1) is 4.48 Å². The third kappa shape index (κ3) is 2.60. The molecule has 0 saturated heterocycles. The van der Waals surface area contributed by atoms with Crippen LogP contribution in [0.5, 0.6) is 0 Å². The first kappa shape index (κ1) is 6.37. The maximum atomic E-state index is 9.47. The molecule has 0 bridgehead atoms. The number of hydrogen-bond donors (Lipinski definition) is 0. The minimum atomic E-state index is 0.391. The van der Waals surface area contributed by atoms with E-state index in [1.165, 1.54) is 4.99 Å². The van der Waals surface area contributed by atoms with Gasteiger partial charge in [0.1, 0.15) is 0 Å². The molecular formula is C3HBr2O. The molecule has 0 aromatic rings. The van der Waals surface area contributed by atoms with Crippen molar-refractivity contribution < 1.29 is 4.79 Å². The number of halogens is 2. The Morgan fingerprint density at radius 3 is 2.33 bits per heavy atom. The lowest BCUT2D eigenvalue weighted by atomic mass is 10.7. The summed E-state index contributed by atoms with van der Waals surface area (Å²) < 4.78 is 0.391. The van der Waals surface area contributed by atoms with Gasteiger partial charge in [-0.05, 0) is 20.9 Å². The molecule has 0 N–H and O–H groups in total. The van der Waals surface area contributed by atoms with Crippen LogP contribution < -0.4 is 0 Å². The fraction of sp³-hybridized carbons (Fsp3) is 0. The Labute approximate surface area is 52.7 Å². The average molecular weight is 213 g/mol. The van der Waals surface area contributed by atoms with Crippen LogP contribution in [0.15, 0.2) is 9.47 Å². The van der Waals surface area contributed by atoms with Gasteiger partial charge >= 0.3 is 0 Å². The van der Waals surface area contributed by atoms with Crippen LogP contribution in [0.4, 0.5) is 0 Å². The first-order valence-electron chi connectivity index (χ1n) is 1.15. The lowest BCUT2D eigenvalue weighted by molar-refractivity contribution is 0.564. The van der Waals surface area contributed by atoms with E-state index < -0.39 is 0 Å². The lowest BCUT2D eigenvalue weighted by Gasteiger charge is -1.67. The highest BCUT2D eigenvalue weighted by molar-refractivity contribution is 9.14. The second-order valence-corrected chi connectivity index (χ2v) is 1.87. The molecule has 3 heteroatoms. The predicted octanol–water partition coefficient (Wildman–Crippen LogP) is 1.73. The Morgan fingerprint density at radius 2 is 2.33 bits per heavy atom. The van der Waals surface area contributed by atoms with Crippen LogP contribution in [0.3, 0.4) is 0 Å². The van der Waals surface area contributed by atoms with Gasteiger partial charge in [0.2, 0.25) is 6.29 Å². The van der Waals surface area contributed by atoms with Crippen LogP contribution in [0, 0.1) is 0 Å². The van der Waals surface area contributed by atoms with Crippen LogP contribution in [0.25, 0.3) is 0 Å². The molecular weight excluding hydrogens is 212 g/mol. The quantitative estimate of drug-likeness (QED) is 0.606. The Bertz CT molecular complexity index is 76.9. The molecule has 0 spiro atoms. The van der Waals surface area contributed by atoms with Crippen molar-refractivity contribution >= 4 is 38.1 Å². The Morgan fingerprint density at radius 1 is 1.83 bits per heavy atom. The summed E-state index contributed by atoms with van der Waals surface area (Å²) in [6, 6.07) is 0. The zero-order valence-corrected chi connectivity index (χ0v) is 5.91. The summed E-state index contributed by atoms with van der Waals surface area (Å²) in [5, 5.41) is 0. The van der Waals surface area contributed by atoms with E-state index in [1.54, 1.807) is 6.29 Å². The van der Waals surface area contributed by atoms with Crippen molar-refractivity contribution in [3.63, 3.8) is 0 Å². The first-order chi connectivity index (χ1) is 2.81. The van der Waals surface area contributed by atoms with E-state index in [2.05, 4.69) is 31.9 Å². The molecule has 1 nitrogen and oxygen atoms in total. The van der Waals surface area contributed by atoms with Crippen LogP contribution in [0.2, 0.25) is 0 Å². The third-order valence-electron chi connectivity index (χ3n) is 0.193. The van der Waals surface area contributed by atoms with E-state index >= 15 is 0 Å². The third-order valence-corrected chi connectivity index (χ3v) is 1.66. The van der Waals surface area contributed by atoms with Crippen molar-refractivity contribution in [2.75, 3.05) is 0 Å². The second-order valence-electron chi connectivity index (χ2n) is 0.559.